The fourth-order valence-electron chi connectivity index (χ4n) is 2.99. The van der Waals surface area contributed by atoms with Gasteiger partial charge in [0.2, 0.25) is 0 Å². The summed E-state index contributed by atoms with van der Waals surface area (Å²) in [5.41, 5.74) is 3.38. The maximum Gasteiger partial charge on any atom is 0.175 e. The molecule has 0 amide bonds. The van der Waals surface area contributed by atoms with E-state index in [4.69, 9.17) is 28.2 Å². The van der Waals surface area contributed by atoms with Crippen LogP contribution in [0.1, 0.15) is 36.9 Å². The van der Waals surface area contributed by atoms with Crippen LogP contribution in [0, 0.1) is 0 Å². The van der Waals surface area contributed by atoms with Gasteiger partial charge in [0, 0.05) is 11.0 Å². The predicted octanol–water partition coefficient (Wildman–Crippen LogP) is 3.40. The van der Waals surface area contributed by atoms with Crippen LogP contribution in [0.2, 0.25) is 10.2 Å². The van der Waals surface area contributed by atoms with Gasteiger partial charge in [0.1, 0.15) is 10.2 Å². The summed E-state index contributed by atoms with van der Waals surface area (Å²) in [6.45, 7) is 0. The highest BCUT2D eigenvalue weighted by molar-refractivity contribution is 6.34. The Kier molecular flexibility index (Phi) is 1.88. The third-order valence-corrected chi connectivity index (χ3v) is 4.73. The first-order valence-electron chi connectivity index (χ1n) is 5.93. The molecule has 88 valence electrons. The lowest BCUT2D eigenvalue weighted by atomic mass is 9.84. The van der Waals surface area contributed by atoms with Crippen molar-refractivity contribution in [3.8, 4) is 0 Å². The lowest BCUT2D eigenvalue weighted by Gasteiger charge is -2.24. The van der Waals surface area contributed by atoms with E-state index in [2.05, 4.69) is 5.10 Å². The average Bonchev–Trinajstić information content (AvgIpc) is 3.00. The number of hydrogen-bond donors (Lipinski definition) is 0. The van der Waals surface area contributed by atoms with Gasteiger partial charge in [-0.2, -0.15) is 5.10 Å². The highest BCUT2D eigenvalue weighted by Gasteiger charge is 2.49. The van der Waals surface area contributed by atoms with E-state index in [1.807, 2.05) is 0 Å². The average molecular weight is 268 g/mol. The predicted molar refractivity (Wildman–Crippen MR) is 66.9 cm³/mol. The Bertz CT molecular complexity index is 628. The molecule has 0 radical (unpaired) electrons. The summed E-state index contributed by atoms with van der Waals surface area (Å²) in [6, 6.07) is 0. The Morgan fingerprint density at radius 3 is 2.82 bits per heavy atom. The first kappa shape index (κ1) is 10.2. The second-order valence-electron chi connectivity index (χ2n) is 5.09. The first-order chi connectivity index (χ1) is 8.21. The number of nitrogens with zero attached hydrogens (tertiary/aromatic N) is 3. The second kappa shape index (κ2) is 3.15. The van der Waals surface area contributed by atoms with Crippen molar-refractivity contribution < 1.29 is 0 Å². The van der Waals surface area contributed by atoms with Crippen molar-refractivity contribution >= 4 is 28.8 Å². The molecule has 1 spiro atoms. The third kappa shape index (κ3) is 1.24. The number of halogens is 2. The van der Waals surface area contributed by atoms with E-state index < -0.39 is 0 Å². The van der Waals surface area contributed by atoms with E-state index in [9.17, 15) is 0 Å². The molecule has 3 nitrogen and oxygen atoms in total. The van der Waals surface area contributed by atoms with E-state index in [1.165, 1.54) is 36.9 Å². The molecule has 0 unspecified atom stereocenters. The molecule has 2 aliphatic rings. The zero-order valence-corrected chi connectivity index (χ0v) is 10.7. The summed E-state index contributed by atoms with van der Waals surface area (Å²) < 4.78 is 1.66. The standard InChI is InChI=1S/C12H11Cl2N3/c13-8-6-15-17-10(14)7-2-1-3-12(4-5-12)9(7)16-11(8)17/h6H,1-5H2. The Labute approximate surface area is 109 Å². The van der Waals surface area contributed by atoms with Gasteiger partial charge in [-0.1, -0.05) is 23.2 Å². The summed E-state index contributed by atoms with van der Waals surface area (Å²) in [7, 11) is 0. The molecule has 2 heterocycles. The van der Waals surface area contributed by atoms with Gasteiger partial charge in [-0.15, -0.1) is 0 Å². The van der Waals surface area contributed by atoms with Crippen LogP contribution in [-0.4, -0.2) is 14.6 Å². The Morgan fingerprint density at radius 2 is 2.06 bits per heavy atom. The summed E-state index contributed by atoms with van der Waals surface area (Å²) in [6.07, 6.45) is 7.55. The summed E-state index contributed by atoms with van der Waals surface area (Å²) in [5, 5.41) is 5.46. The Morgan fingerprint density at radius 1 is 1.24 bits per heavy atom. The molecule has 0 aliphatic heterocycles. The second-order valence-corrected chi connectivity index (χ2v) is 5.86. The largest absolute Gasteiger partial charge is 0.231 e. The van der Waals surface area contributed by atoms with Crippen LogP contribution in [0.3, 0.4) is 0 Å². The van der Waals surface area contributed by atoms with Gasteiger partial charge < -0.3 is 0 Å². The molecule has 0 N–H and O–H groups in total. The van der Waals surface area contributed by atoms with Gasteiger partial charge in [-0.05, 0) is 32.1 Å². The van der Waals surface area contributed by atoms with Gasteiger partial charge in [-0.3, -0.25) is 0 Å². The van der Waals surface area contributed by atoms with Crippen LogP contribution in [0.5, 0.6) is 0 Å². The lowest BCUT2D eigenvalue weighted by Crippen LogP contribution is -2.20. The minimum absolute atomic E-state index is 0.312. The summed E-state index contributed by atoms with van der Waals surface area (Å²) in [4.78, 5) is 4.74. The minimum atomic E-state index is 0.312. The molecule has 5 heteroatoms. The van der Waals surface area contributed by atoms with E-state index in [0.717, 1.165) is 6.42 Å². The number of fused-ring (bicyclic) bond motifs is 3. The number of aromatic nitrogens is 3. The number of hydrogen-bond acceptors (Lipinski definition) is 2. The molecule has 0 atom stereocenters. The monoisotopic (exact) mass is 267 g/mol. The molecule has 1 fully saturated rings. The van der Waals surface area contributed by atoms with Crippen LogP contribution in [0.25, 0.3) is 5.65 Å². The molecule has 2 aliphatic carbocycles. The van der Waals surface area contributed by atoms with Crippen LogP contribution in [0.4, 0.5) is 0 Å². The fraction of sp³-hybridized carbons (Fsp3) is 0.500. The Balaban J connectivity index is 2.10. The van der Waals surface area contributed by atoms with Crippen LogP contribution in [0.15, 0.2) is 6.20 Å². The van der Waals surface area contributed by atoms with Crippen molar-refractivity contribution in [3.05, 3.63) is 27.6 Å². The topological polar surface area (TPSA) is 30.2 Å². The normalized spacial score (nSPS) is 20.8. The fourth-order valence-corrected chi connectivity index (χ4v) is 3.46. The van der Waals surface area contributed by atoms with Crippen molar-refractivity contribution in [2.45, 2.75) is 37.5 Å². The summed E-state index contributed by atoms with van der Waals surface area (Å²) in [5.74, 6) is 0. The molecule has 1 saturated carbocycles. The molecule has 0 aromatic carbocycles. The van der Waals surface area contributed by atoms with Gasteiger partial charge >= 0.3 is 0 Å². The van der Waals surface area contributed by atoms with Crippen LogP contribution in [-0.2, 0) is 11.8 Å². The maximum absolute atomic E-state index is 6.43. The molecule has 0 bridgehead atoms. The zero-order valence-electron chi connectivity index (χ0n) is 9.21. The molecule has 2 aromatic heterocycles. The summed E-state index contributed by atoms with van der Waals surface area (Å²) >= 11 is 12.5. The molecule has 0 saturated heterocycles. The number of rotatable bonds is 0. The van der Waals surface area contributed by atoms with Crippen LogP contribution < -0.4 is 0 Å². The zero-order chi connectivity index (χ0) is 11.6. The van der Waals surface area contributed by atoms with Gasteiger partial charge in [0.15, 0.2) is 5.65 Å². The van der Waals surface area contributed by atoms with Crippen molar-refractivity contribution in [1.29, 1.82) is 0 Å². The quantitative estimate of drug-likeness (QED) is 0.685. The first-order valence-corrected chi connectivity index (χ1v) is 6.69. The molecular weight excluding hydrogens is 257 g/mol. The molecule has 2 aromatic rings. The van der Waals surface area contributed by atoms with E-state index in [-0.39, 0.29) is 0 Å². The van der Waals surface area contributed by atoms with E-state index in [0.29, 0.717) is 21.2 Å². The lowest BCUT2D eigenvalue weighted by molar-refractivity contribution is 0.523. The SMILES string of the molecule is Clc1cnn2c(Cl)c3c(nc12)C1(CCC3)CC1. The van der Waals surface area contributed by atoms with Gasteiger partial charge in [0.05, 0.1) is 11.9 Å². The highest BCUT2D eigenvalue weighted by Crippen LogP contribution is 2.55. The van der Waals surface area contributed by atoms with Gasteiger partial charge in [0.25, 0.3) is 0 Å². The van der Waals surface area contributed by atoms with E-state index >= 15 is 0 Å². The molecule has 4 rings (SSSR count). The smallest absolute Gasteiger partial charge is 0.175 e. The van der Waals surface area contributed by atoms with Crippen molar-refractivity contribution in [2.75, 3.05) is 0 Å². The van der Waals surface area contributed by atoms with Crippen LogP contribution >= 0.6 is 23.2 Å². The van der Waals surface area contributed by atoms with Crippen molar-refractivity contribution in [1.82, 2.24) is 14.6 Å². The maximum atomic E-state index is 6.43. The highest BCUT2D eigenvalue weighted by atomic mass is 35.5. The third-order valence-electron chi connectivity index (χ3n) is 4.08. The minimum Gasteiger partial charge on any atom is -0.231 e. The Hall–Kier alpha value is -0.800. The van der Waals surface area contributed by atoms with Crippen molar-refractivity contribution in [2.24, 2.45) is 0 Å². The van der Waals surface area contributed by atoms with Crippen molar-refractivity contribution in [3.63, 3.8) is 0 Å². The molecule has 17 heavy (non-hydrogen) atoms. The van der Waals surface area contributed by atoms with Gasteiger partial charge in [-0.25, -0.2) is 9.50 Å². The van der Waals surface area contributed by atoms with E-state index in [1.54, 1.807) is 10.7 Å². The molecular formula is C12H11Cl2N3.